The van der Waals surface area contributed by atoms with Gasteiger partial charge in [-0.3, -0.25) is 4.79 Å². The molecule has 24 heavy (non-hydrogen) atoms. The van der Waals surface area contributed by atoms with E-state index >= 15 is 0 Å². The van der Waals surface area contributed by atoms with E-state index in [-0.39, 0.29) is 5.97 Å². The molecular weight excluding hydrogens is 302 g/mol. The van der Waals surface area contributed by atoms with Crippen molar-refractivity contribution in [3.8, 4) is 0 Å². The van der Waals surface area contributed by atoms with Crippen LogP contribution in [0.1, 0.15) is 38.2 Å². The lowest BCUT2D eigenvalue weighted by Crippen LogP contribution is -2.07. The van der Waals surface area contributed by atoms with E-state index in [0.29, 0.717) is 13.0 Å². The average molecular weight is 329 g/mol. The minimum Gasteiger partial charge on any atom is -0.466 e. The van der Waals surface area contributed by atoms with E-state index in [4.69, 9.17) is 4.74 Å². The lowest BCUT2D eigenvalue weighted by atomic mass is 10.1. The number of imidazole rings is 1. The number of unbranched alkanes of at least 4 members (excludes halogenated alkanes) is 3. The molecular formula is C19H27N3O2. The first-order chi connectivity index (χ1) is 11.8. The molecule has 2 rings (SSSR count). The second kappa shape index (κ2) is 10.5. The molecule has 5 nitrogen and oxygen atoms in total. The second-order valence-corrected chi connectivity index (χ2v) is 5.82. The molecule has 2 aromatic rings. The van der Waals surface area contributed by atoms with E-state index in [1.807, 2.05) is 49.9 Å². The number of anilines is 1. The van der Waals surface area contributed by atoms with Crippen LogP contribution in [-0.4, -0.2) is 28.7 Å². The summed E-state index contributed by atoms with van der Waals surface area (Å²) in [4.78, 5) is 15.5. The number of rotatable bonds is 11. The van der Waals surface area contributed by atoms with Gasteiger partial charge in [0, 0.05) is 31.2 Å². The maximum atomic E-state index is 11.4. The SMILES string of the molecule is CCOC(=O)Cc1ccc(NCCCCCCn2ccnc2)cc1. The molecule has 5 heteroatoms. The molecule has 0 aliphatic rings. The van der Waals surface area contributed by atoms with Gasteiger partial charge in [0.05, 0.1) is 19.4 Å². The molecule has 1 heterocycles. The summed E-state index contributed by atoms with van der Waals surface area (Å²) < 4.78 is 7.07. The average Bonchev–Trinajstić information content (AvgIpc) is 3.09. The number of aromatic nitrogens is 2. The number of benzene rings is 1. The lowest BCUT2D eigenvalue weighted by Gasteiger charge is -2.08. The number of ether oxygens (including phenoxy) is 1. The monoisotopic (exact) mass is 329 g/mol. The molecule has 0 spiro atoms. The smallest absolute Gasteiger partial charge is 0.310 e. The van der Waals surface area contributed by atoms with E-state index in [0.717, 1.165) is 30.8 Å². The van der Waals surface area contributed by atoms with E-state index < -0.39 is 0 Å². The van der Waals surface area contributed by atoms with Gasteiger partial charge < -0.3 is 14.6 Å². The Labute approximate surface area is 144 Å². The zero-order valence-electron chi connectivity index (χ0n) is 14.4. The molecule has 0 atom stereocenters. The van der Waals surface area contributed by atoms with Crippen molar-refractivity contribution in [3.05, 3.63) is 48.5 Å². The third-order valence-electron chi connectivity index (χ3n) is 3.84. The minimum absolute atomic E-state index is 0.172. The highest BCUT2D eigenvalue weighted by Crippen LogP contribution is 2.11. The van der Waals surface area contributed by atoms with E-state index in [2.05, 4.69) is 14.9 Å². The number of carbonyl (C=O) groups excluding carboxylic acids is 1. The Morgan fingerprint density at radius 1 is 1.17 bits per heavy atom. The van der Waals surface area contributed by atoms with E-state index in [9.17, 15) is 4.79 Å². The quantitative estimate of drug-likeness (QED) is 0.505. The summed E-state index contributed by atoms with van der Waals surface area (Å²) in [7, 11) is 0. The van der Waals surface area contributed by atoms with Gasteiger partial charge in [-0.15, -0.1) is 0 Å². The highest BCUT2D eigenvalue weighted by atomic mass is 16.5. The summed E-state index contributed by atoms with van der Waals surface area (Å²) in [6.45, 7) is 4.28. The molecule has 0 amide bonds. The molecule has 0 radical (unpaired) electrons. The van der Waals surface area contributed by atoms with Gasteiger partial charge in [0.2, 0.25) is 0 Å². The third-order valence-corrected chi connectivity index (χ3v) is 3.84. The van der Waals surface area contributed by atoms with Crippen molar-refractivity contribution in [1.29, 1.82) is 0 Å². The molecule has 1 N–H and O–H groups in total. The molecule has 0 unspecified atom stereocenters. The maximum absolute atomic E-state index is 11.4. The van der Waals surface area contributed by atoms with E-state index in [1.165, 1.54) is 19.3 Å². The van der Waals surface area contributed by atoms with Gasteiger partial charge in [-0.25, -0.2) is 4.98 Å². The van der Waals surface area contributed by atoms with Crippen molar-refractivity contribution in [2.75, 3.05) is 18.5 Å². The summed E-state index contributed by atoms with van der Waals surface area (Å²) in [6.07, 6.45) is 10.8. The molecule has 0 bridgehead atoms. The topological polar surface area (TPSA) is 56.1 Å². The number of hydrogen-bond acceptors (Lipinski definition) is 4. The largest absolute Gasteiger partial charge is 0.466 e. The van der Waals surface area contributed by atoms with Gasteiger partial charge in [-0.2, -0.15) is 0 Å². The predicted molar refractivity (Wildman–Crippen MR) is 96.0 cm³/mol. The Balaban J connectivity index is 1.54. The van der Waals surface area contributed by atoms with Crippen LogP contribution in [0, 0.1) is 0 Å². The Bertz CT molecular complexity index is 579. The highest BCUT2D eigenvalue weighted by Gasteiger charge is 2.03. The van der Waals surface area contributed by atoms with Crippen LogP contribution < -0.4 is 5.32 Å². The zero-order valence-corrected chi connectivity index (χ0v) is 14.4. The summed E-state index contributed by atoms with van der Waals surface area (Å²) in [5.74, 6) is -0.172. The van der Waals surface area contributed by atoms with E-state index in [1.54, 1.807) is 0 Å². The van der Waals surface area contributed by atoms with Crippen molar-refractivity contribution in [3.63, 3.8) is 0 Å². The Morgan fingerprint density at radius 2 is 1.96 bits per heavy atom. The third kappa shape index (κ3) is 6.86. The maximum Gasteiger partial charge on any atom is 0.310 e. The van der Waals surface area contributed by atoms with Crippen molar-refractivity contribution >= 4 is 11.7 Å². The molecule has 130 valence electrons. The highest BCUT2D eigenvalue weighted by molar-refractivity contribution is 5.72. The Kier molecular flexibility index (Phi) is 7.87. The zero-order chi connectivity index (χ0) is 17.0. The van der Waals surface area contributed by atoms with Gasteiger partial charge in [-0.1, -0.05) is 25.0 Å². The summed E-state index contributed by atoms with van der Waals surface area (Å²) >= 11 is 0. The van der Waals surface area contributed by atoms with Gasteiger partial charge >= 0.3 is 5.97 Å². The van der Waals surface area contributed by atoms with Crippen molar-refractivity contribution in [2.24, 2.45) is 0 Å². The first-order valence-electron chi connectivity index (χ1n) is 8.72. The number of carbonyl (C=O) groups is 1. The van der Waals surface area contributed by atoms with Crippen LogP contribution in [-0.2, 0) is 22.5 Å². The molecule has 1 aromatic heterocycles. The van der Waals surface area contributed by atoms with Crippen LogP contribution in [0.15, 0.2) is 43.0 Å². The molecule has 0 saturated heterocycles. The standard InChI is InChI=1S/C19H27N3O2/c1-2-24-19(23)15-17-7-9-18(10-8-17)21-11-5-3-4-6-13-22-14-12-20-16-22/h7-10,12,14,16,21H,2-6,11,13,15H2,1H3. The summed E-state index contributed by atoms with van der Waals surface area (Å²) in [6, 6.07) is 8.00. The summed E-state index contributed by atoms with van der Waals surface area (Å²) in [5.41, 5.74) is 2.08. The van der Waals surface area contributed by atoms with Crippen LogP contribution in [0.2, 0.25) is 0 Å². The van der Waals surface area contributed by atoms with Gasteiger partial charge in [0.25, 0.3) is 0 Å². The molecule has 0 fully saturated rings. The van der Waals surface area contributed by atoms with Crippen LogP contribution >= 0.6 is 0 Å². The van der Waals surface area contributed by atoms with Crippen LogP contribution in [0.25, 0.3) is 0 Å². The molecule has 1 aromatic carbocycles. The van der Waals surface area contributed by atoms with Crippen molar-refractivity contribution in [2.45, 2.75) is 45.6 Å². The fourth-order valence-electron chi connectivity index (χ4n) is 2.54. The van der Waals surface area contributed by atoms with Gasteiger partial charge in [0.1, 0.15) is 0 Å². The normalized spacial score (nSPS) is 10.5. The number of nitrogens with zero attached hydrogens (tertiary/aromatic N) is 2. The molecule has 0 saturated carbocycles. The minimum atomic E-state index is -0.172. The first kappa shape index (κ1) is 18.0. The Hall–Kier alpha value is -2.30. The van der Waals surface area contributed by atoms with Gasteiger partial charge in [0.15, 0.2) is 0 Å². The van der Waals surface area contributed by atoms with Crippen LogP contribution in [0.3, 0.4) is 0 Å². The van der Waals surface area contributed by atoms with Gasteiger partial charge in [-0.05, 0) is 37.5 Å². The number of esters is 1. The fraction of sp³-hybridized carbons (Fsp3) is 0.474. The second-order valence-electron chi connectivity index (χ2n) is 5.82. The summed E-state index contributed by atoms with van der Waals surface area (Å²) in [5, 5.41) is 3.42. The molecule has 0 aliphatic heterocycles. The number of aryl methyl sites for hydroxylation is 1. The number of hydrogen-bond donors (Lipinski definition) is 1. The van der Waals surface area contributed by atoms with Crippen molar-refractivity contribution in [1.82, 2.24) is 9.55 Å². The lowest BCUT2D eigenvalue weighted by molar-refractivity contribution is -0.142. The van der Waals surface area contributed by atoms with Crippen molar-refractivity contribution < 1.29 is 9.53 Å². The fourth-order valence-corrected chi connectivity index (χ4v) is 2.54. The number of nitrogens with one attached hydrogen (secondary N) is 1. The van der Waals surface area contributed by atoms with Crippen LogP contribution in [0.4, 0.5) is 5.69 Å². The molecule has 0 aliphatic carbocycles. The predicted octanol–water partition coefficient (Wildman–Crippen LogP) is 3.66. The Morgan fingerprint density at radius 3 is 2.67 bits per heavy atom. The van der Waals surface area contributed by atoms with Crippen LogP contribution in [0.5, 0.6) is 0 Å². The first-order valence-corrected chi connectivity index (χ1v) is 8.72.